The Balaban J connectivity index is 0.000000145. The minimum absolute atomic E-state index is 0.232. The predicted octanol–water partition coefficient (Wildman–Crippen LogP) is 10.6. The van der Waals surface area contributed by atoms with Crippen LogP contribution in [-0.2, 0) is 65.4 Å². The number of ketones is 1. The van der Waals surface area contributed by atoms with Crippen LogP contribution in [0.5, 0.6) is 28.7 Å². The lowest BCUT2D eigenvalue weighted by Crippen LogP contribution is -2.05. The molecule has 0 amide bonds. The van der Waals surface area contributed by atoms with Gasteiger partial charge in [0.05, 0.1) is 13.7 Å². The van der Waals surface area contributed by atoms with E-state index in [-0.39, 0.29) is 5.78 Å². The first-order valence-electron chi connectivity index (χ1n) is 24.6. The lowest BCUT2D eigenvalue weighted by Gasteiger charge is -2.13. The second-order valence-electron chi connectivity index (χ2n) is 17.4. The summed E-state index contributed by atoms with van der Waals surface area (Å²) in [5, 5.41) is 16.5. The van der Waals surface area contributed by atoms with Crippen molar-refractivity contribution in [2.24, 2.45) is 0 Å². The van der Waals surface area contributed by atoms with E-state index < -0.39 is 0 Å². The maximum atomic E-state index is 11.9. The summed E-state index contributed by atoms with van der Waals surface area (Å²) in [6.45, 7) is 31.8. The Bertz CT molecular complexity index is 2610. The number of carbonyl (C=O) groups excluding carboxylic acids is 1. The van der Waals surface area contributed by atoms with E-state index in [1.54, 1.807) is 31.4 Å². The number of rotatable bonds is 18. The monoisotopic (exact) mass is 960 g/mol. The number of fused-ring (bicyclic) bond motifs is 5. The SMILES string of the molecule is C=CCCC(=O)c1cccc2c1CNC2.C=CCCOc1cccc2c1CNC2.C=CCOc1c(OC)ccc2c1CNC2.C=CCOc1cc(C)cc2c1CNC2.C=CCOc1cccc2c1CNC2. The molecule has 5 aromatic carbocycles. The molecule has 11 heteroatoms. The molecular formula is C60H73N5O6. The molecule has 374 valence electrons. The number of hydrogen-bond donors (Lipinski definition) is 5. The van der Waals surface area contributed by atoms with Crippen LogP contribution in [0.15, 0.2) is 142 Å². The highest BCUT2D eigenvalue weighted by Crippen LogP contribution is 2.36. The minimum Gasteiger partial charge on any atom is -0.493 e. The zero-order chi connectivity index (χ0) is 50.2. The smallest absolute Gasteiger partial charge is 0.166 e. The number of allylic oxidation sites excluding steroid dienone is 1. The average Bonchev–Trinajstić information content (AvgIpc) is 4.27. The molecule has 10 rings (SSSR count). The van der Waals surface area contributed by atoms with E-state index in [0.29, 0.717) is 26.2 Å². The number of nitrogens with one attached hydrogen (secondary N) is 5. The second-order valence-corrected chi connectivity index (χ2v) is 17.4. The fraction of sp³-hybridized carbons (Fsp3) is 0.317. The van der Waals surface area contributed by atoms with Crippen LogP contribution in [0, 0.1) is 6.92 Å². The van der Waals surface area contributed by atoms with Gasteiger partial charge in [0.2, 0.25) is 0 Å². The number of carbonyl (C=O) groups is 1. The van der Waals surface area contributed by atoms with E-state index in [4.69, 9.17) is 23.7 Å². The summed E-state index contributed by atoms with van der Waals surface area (Å²) < 4.78 is 27.8. The van der Waals surface area contributed by atoms with Crippen molar-refractivity contribution in [2.45, 2.75) is 91.6 Å². The number of ether oxygens (including phenoxy) is 5. The van der Waals surface area contributed by atoms with Crippen molar-refractivity contribution in [3.05, 3.63) is 209 Å². The van der Waals surface area contributed by atoms with Crippen LogP contribution in [0.4, 0.5) is 0 Å². The molecule has 11 nitrogen and oxygen atoms in total. The molecule has 5 heterocycles. The fourth-order valence-corrected chi connectivity index (χ4v) is 8.83. The molecule has 71 heavy (non-hydrogen) atoms. The van der Waals surface area contributed by atoms with Gasteiger partial charge in [0.15, 0.2) is 17.3 Å². The molecule has 0 bridgehead atoms. The molecule has 0 aromatic heterocycles. The average molecular weight is 960 g/mol. The van der Waals surface area contributed by atoms with Crippen LogP contribution in [-0.4, -0.2) is 39.3 Å². The fourth-order valence-electron chi connectivity index (χ4n) is 8.83. The van der Waals surface area contributed by atoms with Crippen LogP contribution in [0.25, 0.3) is 0 Å². The Labute approximate surface area is 422 Å². The number of benzene rings is 5. The molecule has 0 fully saturated rings. The van der Waals surface area contributed by atoms with Crippen molar-refractivity contribution >= 4 is 5.78 Å². The van der Waals surface area contributed by atoms with Gasteiger partial charge in [-0.2, -0.15) is 0 Å². The second kappa shape index (κ2) is 28.8. The van der Waals surface area contributed by atoms with E-state index in [1.807, 2.05) is 42.5 Å². The zero-order valence-corrected chi connectivity index (χ0v) is 41.9. The molecule has 0 spiro atoms. The normalized spacial score (nSPS) is 13.7. The summed E-state index contributed by atoms with van der Waals surface area (Å²) in [5.74, 6) is 4.89. The van der Waals surface area contributed by atoms with Crippen molar-refractivity contribution in [1.29, 1.82) is 0 Å². The van der Waals surface area contributed by atoms with Crippen molar-refractivity contribution in [3.63, 3.8) is 0 Å². The first kappa shape index (κ1) is 53.6. The highest BCUT2D eigenvalue weighted by molar-refractivity contribution is 5.98. The summed E-state index contributed by atoms with van der Waals surface area (Å²) >= 11 is 0. The van der Waals surface area contributed by atoms with Gasteiger partial charge >= 0.3 is 0 Å². The lowest BCUT2D eigenvalue weighted by molar-refractivity contribution is 0.0982. The Morgan fingerprint density at radius 2 is 0.958 bits per heavy atom. The van der Waals surface area contributed by atoms with Gasteiger partial charge in [0.25, 0.3) is 0 Å². The highest BCUT2D eigenvalue weighted by atomic mass is 16.5. The minimum atomic E-state index is 0.232. The maximum Gasteiger partial charge on any atom is 0.166 e. The third-order valence-electron chi connectivity index (χ3n) is 12.3. The number of methoxy groups -OCH3 is 1. The van der Waals surface area contributed by atoms with E-state index in [0.717, 1.165) is 119 Å². The highest BCUT2D eigenvalue weighted by Gasteiger charge is 2.21. The van der Waals surface area contributed by atoms with Gasteiger partial charge in [-0.1, -0.05) is 105 Å². The summed E-state index contributed by atoms with van der Waals surface area (Å²) in [6, 6.07) is 26.7. The van der Waals surface area contributed by atoms with Crippen LogP contribution in [0.3, 0.4) is 0 Å². The molecule has 5 aliphatic heterocycles. The molecule has 0 atom stereocenters. The Hall–Kier alpha value is -6.73. The predicted molar refractivity (Wildman–Crippen MR) is 287 cm³/mol. The molecule has 5 aliphatic rings. The Morgan fingerprint density at radius 1 is 0.479 bits per heavy atom. The van der Waals surface area contributed by atoms with E-state index in [1.165, 1.54) is 61.2 Å². The first-order chi connectivity index (χ1) is 34.8. The molecule has 5 aromatic rings. The van der Waals surface area contributed by atoms with Gasteiger partial charge in [-0.3, -0.25) is 4.79 Å². The van der Waals surface area contributed by atoms with Crippen LogP contribution >= 0.6 is 0 Å². The lowest BCUT2D eigenvalue weighted by atomic mass is 9.98. The molecule has 0 unspecified atom stereocenters. The van der Waals surface area contributed by atoms with Gasteiger partial charge in [0, 0.05) is 99.7 Å². The standard InChI is InChI=1S/C13H15NO.C12H15NO2.2C12H15NO.C11H13NO/c1-2-3-7-13(15)11-6-4-5-10-8-14-9-12(10)11;1-3-6-15-12-10-8-13-7-9(10)4-5-11(12)14-2;1-3-4-14-12-6-9(2)5-10-7-13-8-11(10)12;1-2-3-7-14-12-6-4-5-10-8-13-9-11(10)12;1-2-6-13-11-5-3-4-9-7-12-8-10(9)11/h2,4-6,14H,1,3,7-9H2;3-5,13H,1,6-8H2,2H3;3,5-6,13H,1,4,7-8H2,2H3;2,4-6,13H,1,3,7-9H2;2-5,12H,1,6-8H2. The van der Waals surface area contributed by atoms with Gasteiger partial charge in [-0.05, 0) is 83.0 Å². The van der Waals surface area contributed by atoms with Crippen molar-refractivity contribution in [3.8, 4) is 28.7 Å². The summed E-state index contributed by atoms with van der Waals surface area (Å²) in [6.07, 6.45) is 11.2. The van der Waals surface area contributed by atoms with Crippen molar-refractivity contribution < 1.29 is 28.5 Å². The molecule has 0 saturated carbocycles. The zero-order valence-electron chi connectivity index (χ0n) is 41.9. The van der Waals surface area contributed by atoms with E-state index >= 15 is 0 Å². The number of aryl methyl sites for hydroxylation is 1. The molecule has 0 saturated heterocycles. The van der Waals surface area contributed by atoms with Crippen LogP contribution < -0.4 is 50.3 Å². The van der Waals surface area contributed by atoms with Gasteiger partial charge in [-0.25, -0.2) is 0 Å². The Kier molecular flexibility index (Phi) is 21.8. The molecule has 0 radical (unpaired) electrons. The quantitative estimate of drug-likeness (QED) is 0.0328. The molecular weight excluding hydrogens is 887 g/mol. The van der Waals surface area contributed by atoms with Crippen LogP contribution in [0.2, 0.25) is 0 Å². The van der Waals surface area contributed by atoms with E-state index in [2.05, 4.69) is 109 Å². The molecule has 0 aliphatic carbocycles. The third-order valence-corrected chi connectivity index (χ3v) is 12.3. The van der Waals surface area contributed by atoms with Gasteiger partial charge in [0.1, 0.15) is 37.1 Å². The third kappa shape index (κ3) is 15.1. The summed E-state index contributed by atoms with van der Waals surface area (Å²) in [5.41, 5.74) is 15.1. The topological polar surface area (TPSA) is 123 Å². The van der Waals surface area contributed by atoms with Crippen molar-refractivity contribution in [2.75, 3.05) is 33.5 Å². The van der Waals surface area contributed by atoms with E-state index in [9.17, 15) is 4.79 Å². The number of hydrogen-bond acceptors (Lipinski definition) is 11. The van der Waals surface area contributed by atoms with Crippen molar-refractivity contribution in [1.82, 2.24) is 26.6 Å². The largest absolute Gasteiger partial charge is 0.493 e. The number of Topliss-reactive ketones (excluding diaryl/α,β-unsaturated/α-hetero) is 1. The molecule has 5 N–H and O–H groups in total. The summed E-state index contributed by atoms with van der Waals surface area (Å²) in [7, 11) is 1.66. The first-order valence-corrected chi connectivity index (χ1v) is 24.6. The van der Waals surface area contributed by atoms with Gasteiger partial charge < -0.3 is 50.3 Å². The van der Waals surface area contributed by atoms with Gasteiger partial charge in [-0.15, -0.1) is 13.2 Å². The maximum absolute atomic E-state index is 11.9. The van der Waals surface area contributed by atoms with Crippen LogP contribution in [0.1, 0.15) is 90.8 Å². The summed E-state index contributed by atoms with van der Waals surface area (Å²) in [4.78, 5) is 11.9. The Morgan fingerprint density at radius 3 is 1.54 bits per heavy atom.